The summed E-state index contributed by atoms with van der Waals surface area (Å²) in [5, 5.41) is 2.97. The first-order valence-corrected chi connectivity index (χ1v) is 13.9. The summed E-state index contributed by atoms with van der Waals surface area (Å²) in [7, 11) is -3.64. The van der Waals surface area contributed by atoms with E-state index in [4.69, 9.17) is 0 Å². The molecule has 2 saturated heterocycles. The number of nitrogens with one attached hydrogen (secondary N) is 1. The van der Waals surface area contributed by atoms with Gasteiger partial charge in [-0.05, 0) is 55.2 Å². The molecule has 4 rings (SSSR count). The van der Waals surface area contributed by atoms with Crippen molar-refractivity contribution in [3.63, 3.8) is 0 Å². The van der Waals surface area contributed by atoms with Crippen molar-refractivity contribution in [1.82, 2.24) is 4.31 Å². The first-order chi connectivity index (χ1) is 16.8. The third-order valence-corrected chi connectivity index (χ3v) is 8.76. The number of carbonyl (C=O) groups excluding carboxylic acids is 2. The van der Waals surface area contributed by atoms with E-state index in [0.29, 0.717) is 25.2 Å². The van der Waals surface area contributed by atoms with Crippen LogP contribution in [0.3, 0.4) is 0 Å². The van der Waals surface area contributed by atoms with Gasteiger partial charge in [0.05, 0.1) is 22.7 Å². The number of nitrogens with zero attached hydrogens (tertiary/aromatic N) is 3. The van der Waals surface area contributed by atoms with E-state index in [-0.39, 0.29) is 23.1 Å². The zero-order chi connectivity index (χ0) is 25.0. The topological polar surface area (TPSA) is 90.0 Å². The fourth-order valence-electron chi connectivity index (χ4n) is 4.82. The highest BCUT2D eigenvalue weighted by Gasteiger charge is 2.25. The van der Waals surface area contributed by atoms with Gasteiger partial charge in [0, 0.05) is 44.8 Å². The van der Waals surface area contributed by atoms with Crippen LogP contribution in [-0.2, 0) is 26.0 Å². The smallest absolute Gasteiger partial charge is 0.243 e. The molecule has 0 saturated carbocycles. The first-order valence-electron chi connectivity index (χ1n) is 12.4. The molecule has 9 heteroatoms. The van der Waals surface area contributed by atoms with Gasteiger partial charge in [-0.15, -0.1) is 0 Å². The van der Waals surface area contributed by atoms with Gasteiger partial charge in [-0.25, -0.2) is 8.42 Å². The maximum Gasteiger partial charge on any atom is 0.243 e. The van der Waals surface area contributed by atoms with E-state index in [9.17, 15) is 18.0 Å². The summed E-state index contributed by atoms with van der Waals surface area (Å²) in [6.45, 7) is 6.87. The van der Waals surface area contributed by atoms with Gasteiger partial charge in [-0.3, -0.25) is 9.59 Å². The van der Waals surface area contributed by atoms with Crippen molar-refractivity contribution in [3.05, 3.63) is 48.0 Å². The molecule has 0 unspecified atom stereocenters. The van der Waals surface area contributed by atoms with E-state index in [1.165, 1.54) is 4.31 Å². The fraction of sp³-hybridized carbons (Fsp3) is 0.462. The van der Waals surface area contributed by atoms with Crippen molar-refractivity contribution in [2.24, 2.45) is 0 Å². The van der Waals surface area contributed by atoms with Crippen LogP contribution in [0.5, 0.6) is 0 Å². The largest absolute Gasteiger partial charge is 0.370 e. The summed E-state index contributed by atoms with van der Waals surface area (Å²) in [4.78, 5) is 29.1. The number of rotatable bonds is 9. The van der Waals surface area contributed by atoms with Gasteiger partial charge in [-0.1, -0.05) is 26.0 Å². The molecule has 0 atom stereocenters. The van der Waals surface area contributed by atoms with Gasteiger partial charge in [-0.2, -0.15) is 4.31 Å². The zero-order valence-corrected chi connectivity index (χ0v) is 21.3. The molecule has 188 valence electrons. The molecule has 0 spiro atoms. The Morgan fingerprint density at radius 3 is 2.26 bits per heavy atom. The monoisotopic (exact) mass is 498 g/mol. The third-order valence-electron chi connectivity index (χ3n) is 6.72. The third kappa shape index (κ3) is 5.51. The Hall–Kier alpha value is -2.91. The fourth-order valence-corrected chi connectivity index (χ4v) is 6.30. The molecule has 0 aromatic heterocycles. The molecule has 0 bridgehead atoms. The highest BCUT2D eigenvalue weighted by atomic mass is 32.2. The maximum atomic E-state index is 13.1. The van der Waals surface area contributed by atoms with Gasteiger partial charge in [0.2, 0.25) is 21.8 Å². The van der Waals surface area contributed by atoms with Crippen LogP contribution >= 0.6 is 0 Å². The lowest BCUT2D eigenvalue weighted by Gasteiger charge is -2.24. The summed E-state index contributed by atoms with van der Waals surface area (Å²) < 4.78 is 27.6. The lowest BCUT2D eigenvalue weighted by molar-refractivity contribution is -0.117. The standard InChI is InChI=1S/C26H34N4O4S/c1-3-29(4-2)35(33,34)22-13-14-24(28-15-5-6-16-28)23(19-22)27-25(31)18-20-9-11-21(12-10-20)30-17-7-8-26(30)32/h9-14,19H,3-8,15-18H2,1-2H3,(H,27,31). The van der Waals surface area contributed by atoms with Crippen LogP contribution in [0, 0.1) is 0 Å². The van der Waals surface area contributed by atoms with Crippen LogP contribution in [-0.4, -0.2) is 57.3 Å². The van der Waals surface area contributed by atoms with Crippen molar-refractivity contribution >= 4 is 38.9 Å². The summed E-state index contributed by atoms with van der Waals surface area (Å²) in [6.07, 6.45) is 3.73. The lowest BCUT2D eigenvalue weighted by atomic mass is 10.1. The van der Waals surface area contributed by atoms with Crippen LogP contribution in [0.1, 0.15) is 45.1 Å². The SMILES string of the molecule is CCN(CC)S(=O)(=O)c1ccc(N2CCCC2)c(NC(=O)Cc2ccc(N3CCCC3=O)cc2)c1. The molecule has 35 heavy (non-hydrogen) atoms. The molecule has 2 amide bonds. The van der Waals surface area contributed by atoms with Crippen LogP contribution in [0.25, 0.3) is 0 Å². The molecule has 2 fully saturated rings. The Morgan fingerprint density at radius 2 is 1.66 bits per heavy atom. The van der Waals surface area contributed by atoms with Gasteiger partial charge >= 0.3 is 0 Å². The van der Waals surface area contributed by atoms with Gasteiger partial charge in [0.15, 0.2) is 0 Å². The molecule has 1 N–H and O–H groups in total. The van der Waals surface area contributed by atoms with Gasteiger partial charge < -0.3 is 15.1 Å². The Kier molecular flexibility index (Phi) is 7.76. The minimum absolute atomic E-state index is 0.129. The molecule has 2 heterocycles. The molecule has 2 aliphatic heterocycles. The molecule has 2 aromatic rings. The van der Waals surface area contributed by atoms with E-state index in [1.54, 1.807) is 23.1 Å². The Balaban J connectivity index is 1.54. The highest BCUT2D eigenvalue weighted by Crippen LogP contribution is 2.32. The van der Waals surface area contributed by atoms with Gasteiger partial charge in [0.25, 0.3) is 0 Å². The predicted molar refractivity (Wildman–Crippen MR) is 138 cm³/mol. The van der Waals surface area contributed by atoms with E-state index >= 15 is 0 Å². The van der Waals surface area contributed by atoms with Crippen LogP contribution < -0.4 is 15.1 Å². The molecule has 2 aliphatic rings. The van der Waals surface area contributed by atoms with E-state index in [0.717, 1.165) is 55.8 Å². The molecule has 0 aliphatic carbocycles. The Morgan fingerprint density at radius 1 is 0.971 bits per heavy atom. The number of sulfonamides is 1. The van der Waals surface area contributed by atoms with Crippen molar-refractivity contribution in [1.29, 1.82) is 0 Å². The minimum Gasteiger partial charge on any atom is -0.370 e. The normalized spacial score (nSPS) is 16.4. The van der Waals surface area contributed by atoms with Crippen LogP contribution in [0.15, 0.2) is 47.4 Å². The van der Waals surface area contributed by atoms with Crippen molar-refractivity contribution in [3.8, 4) is 0 Å². The Labute approximate surface area is 207 Å². The predicted octanol–water partition coefficient (Wildman–Crippen LogP) is 3.63. The first kappa shape index (κ1) is 25.2. The number of hydrogen-bond acceptors (Lipinski definition) is 5. The zero-order valence-electron chi connectivity index (χ0n) is 20.5. The number of benzene rings is 2. The molecular formula is C26H34N4O4S. The van der Waals surface area contributed by atoms with E-state index < -0.39 is 10.0 Å². The summed E-state index contributed by atoms with van der Waals surface area (Å²) in [5.41, 5.74) is 3.04. The second-order valence-electron chi connectivity index (χ2n) is 9.00. The average Bonchev–Trinajstić information content (AvgIpc) is 3.52. The van der Waals surface area contributed by atoms with Crippen molar-refractivity contribution < 1.29 is 18.0 Å². The van der Waals surface area contributed by atoms with E-state index in [1.807, 2.05) is 38.1 Å². The van der Waals surface area contributed by atoms with Crippen molar-refractivity contribution in [2.75, 3.05) is 47.8 Å². The average molecular weight is 499 g/mol. The highest BCUT2D eigenvalue weighted by molar-refractivity contribution is 7.89. The van der Waals surface area contributed by atoms with Crippen LogP contribution in [0.4, 0.5) is 17.1 Å². The number of anilines is 3. The molecule has 2 aromatic carbocycles. The van der Waals surface area contributed by atoms with Gasteiger partial charge in [0.1, 0.15) is 0 Å². The molecule has 8 nitrogen and oxygen atoms in total. The lowest BCUT2D eigenvalue weighted by Crippen LogP contribution is -2.31. The number of carbonyl (C=O) groups is 2. The summed E-state index contributed by atoms with van der Waals surface area (Å²) >= 11 is 0. The second kappa shape index (κ2) is 10.8. The van der Waals surface area contributed by atoms with E-state index in [2.05, 4.69) is 10.2 Å². The van der Waals surface area contributed by atoms with Crippen molar-refractivity contribution in [2.45, 2.75) is 50.8 Å². The summed E-state index contributed by atoms with van der Waals surface area (Å²) in [6, 6.07) is 12.5. The molecule has 0 radical (unpaired) electrons. The summed E-state index contributed by atoms with van der Waals surface area (Å²) in [5.74, 6) is -0.0858. The number of hydrogen-bond donors (Lipinski definition) is 1. The number of amides is 2. The quantitative estimate of drug-likeness (QED) is 0.570. The molecular weight excluding hydrogens is 464 g/mol. The second-order valence-corrected chi connectivity index (χ2v) is 10.9. The van der Waals surface area contributed by atoms with Crippen LogP contribution in [0.2, 0.25) is 0 Å². The minimum atomic E-state index is -3.64. The Bertz CT molecular complexity index is 1170. The maximum absolute atomic E-state index is 13.1.